The van der Waals surface area contributed by atoms with Crippen LogP contribution in [-0.4, -0.2) is 32.3 Å². The Balaban J connectivity index is 2.54. The third-order valence-corrected chi connectivity index (χ3v) is 4.92. The van der Waals surface area contributed by atoms with Crippen molar-refractivity contribution < 1.29 is 26.4 Å². The first kappa shape index (κ1) is 16.5. The molecule has 1 aromatic rings. The molecule has 0 radical (unpaired) electrons. The van der Waals surface area contributed by atoms with E-state index in [1.54, 1.807) is 19.9 Å². The van der Waals surface area contributed by atoms with Crippen molar-refractivity contribution in [1.29, 1.82) is 0 Å². The van der Waals surface area contributed by atoms with Gasteiger partial charge in [0.1, 0.15) is 0 Å². The number of amides is 1. The van der Waals surface area contributed by atoms with Crippen molar-refractivity contribution in [1.82, 2.24) is 0 Å². The highest BCUT2D eigenvalue weighted by atomic mass is 32.2. The van der Waals surface area contributed by atoms with Crippen molar-refractivity contribution in [3.8, 4) is 0 Å². The highest BCUT2D eigenvalue weighted by Gasteiger charge is 2.46. The van der Waals surface area contributed by atoms with E-state index in [2.05, 4.69) is 0 Å². The smallest absolute Gasteiger partial charge is 0.296 e. The molecule has 2 rings (SSSR count). The van der Waals surface area contributed by atoms with Crippen LogP contribution < -0.4 is 4.90 Å². The quantitative estimate of drug-likeness (QED) is 0.836. The van der Waals surface area contributed by atoms with Crippen molar-refractivity contribution in [2.24, 2.45) is 0 Å². The number of hydrogen-bond acceptors (Lipinski definition) is 3. The summed E-state index contributed by atoms with van der Waals surface area (Å²) < 4.78 is 61.7. The van der Waals surface area contributed by atoms with Crippen molar-refractivity contribution in [3.05, 3.63) is 40.8 Å². The summed E-state index contributed by atoms with van der Waals surface area (Å²) >= 11 is 0. The monoisotopic (exact) mass is 333 g/mol. The van der Waals surface area contributed by atoms with Gasteiger partial charge in [0.15, 0.2) is 9.84 Å². The Morgan fingerprint density at radius 3 is 2.41 bits per heavy atom. The predicted octanol–water partition coefficient (Wildman–Crippen LogP) is 2.51. The third-order valence-electron chi connectivity index (χ3n) is 3.54. The summed E-state index contributed by atoms with van der Waals surface area (Å²) in [7, 11) is -3.59. The molecule has 1 amide bonds. The molecule has 0 aromatic heterocycles. The number of alkyl halides is 3. The fourth-order valence-corrected chi connectivity index (χ4v) is 3.56. The van der Waals surface area contributed by atoms with Gasteiger partial charge in [0, 0.05) is 11.1 Å². The largest absolute Gasteiger partial charge is 0.471 e. The number of rotatable bonds is 2. The van der Waals surface area contributed by atoms with Gasteiger partial charge in [-0.3, -0.25) is 9.69 Å². The van der Waals surface area contributed by atoms with E-state index in [1.807, 2.05) is 0 Å². The van der Waals surface area contributed by atoms with Crippen LogP contribution >= 0.6 is 0 Å². The summed E-state index contributed by atoms with van der Waals surface area (Å²) in [5, 5.41) is 0.847. The number of hydrogen-bond donors (Lipinski definition) is 0. The molecule has 1 aliphatic rings. The Hall–Kier alpha value is -1.83. The maximum atomic E-state index is 12.9. The molecule has 8 heteroatoms. The molecule has 1 aromatic carbocycles. The lowest BCUT2D eigenvalue weighted by atomic mass is 10.1. The van der Waals surface area contributed by atoms with Crippen LogP contribution in [0.2, 0.25) is 0 Å². The Bertz CT molecular complexity index is 738. The molecule has 1 heterocycles. The minimum atomic E-state index is -5.09. The number of nitrogens with zero attached hydrogens (tertiary/aromatic N) is 1. The first-order valence-corrected chi connectivity index (χ1v) is 8.12. The molecule has 0 fully saturated rings. The zero-order valence-corrected chi connectivity index (χ0v) is 12.7. The van der Waals surface area contributed by atoms with E-state index >= 15 is 0 Å². The fraction of sp³-hybridized carbons (Fsp3) is 0.357. The van der Waals surface area contributed by atoms with E-state index in [-0.39, 0.29) is 5.69 Å². The first-order chi connectivity index (χ1) is 10.0. The molecule has 0 bridgehead atoms. The second kappa shape index (κ2) is 5.42. The van der Waals surface area contributed by atoms with Crippen LogP contribution in [0.1, 0.15) is 11.1 Å². The van der Waals surface area contributed by atoms with Gasteiger partial charge in [-0.15, -0.1) is 0 Å². The number of anilines is 1. The Labute approximate surface area is 126 Å². The van der Waals surface area contributed by atoms with Crippen molar-refractivity contribution in [2.75, 3.05) is 10.7 Å². The summed E-state index contributed by atoms with van der Waals surface area (Å²) in [6.45, 7) is 3.30. The van der Waals surface area contributed by atoms with Gasteiger partial charge in [0.25, 0.3) is 0 Å². The van der Waals surface area contributed by atoms with E-state index in [0.717, 1.165) is 11.5 Å². The van der Waals surface area contributed by atoms with Gasteiger partial charge < -0.3 is 0 Å². The Kier molecular flexibility index (Phi) is 4.08. The van der Waals surface area contributed by atoms with E-state index < -0.39 is 33.7 Å². The number of sulfone groups is 1. The first-order valence-electron chi connectivity index (χ1n) is 6.40. The highest BCUT2D eigenvalue weighted by Crippen LogP contribution is 2.31. The lowest BCUT2D eigenvalue weighted by molar-refractivity contribution is -0.170. The minimum absolute atomic E-state index is 0.0640. The normalized spacial score (nSPS) is 20.1. The summed E-state index contributed by atoms with van der Waals surface area (Å²) in [6.07, 6.45) is -3.98. The average Bonchev–Trinajstić information content (AvgIpc) is 2.74. The van der Waals surface area contributed by atoms with Crippen LogP contribution in [0.5, 0.6) is 0 Å². The lowest BCUT2D eigenvalue weighted by Gasteiger charge is -2.30. The molecule has 0 unspecified atom stereocenters. The second-order valence-corrected chi connectivity index (χ2v) is 7.05. The van der Waals surface area contributed by atoms with Crippen LogP contribution in [0.3, 0.4) is 0 Å². The average molecular weight is 333 g/mol. The van der Waals surface area contributed by atoms with Crippen LogP contribution in [0.15, 0.2) is 29.7 Å². The molecule has 4 nitrogen and oxygen atoms in total. The van der Waals surface area contributed by atoms with Gasteiger partial charge in [0.05, 0.1) is 11.8 Å². The van der Waals surface area contributed by atoms with Gasteiger partial charge in [-0.2, -0.15) is 13.2 Å². The minimum Gasteiger partial charge on any atom is -0.296 e. The Morgan fingerprint density at radius 1 is 1.27 bits per heavy atom. The molecule has 0 spiro atoms. The van der Waals surface area contributed by atoms with E-state index in [4.69, 9.17) is 0 Å². The summed E-state index contributed by atoms with van der Waals surface area (Å²) in [5.74, 6) is -2.63. The number of carbonyl (C=O) groups is 1. The lowest BCUT2D eigenvalue weighted by Crippen LogP contribution is -2.48. The zero-order valence-electron chi connectivity index (χ0n) is 11.9. The summed E-state index contributed by atoms with van der Waals surface area (Å²) in [4.78, 5) is 12.3. The van der Waals surface area contributed by atoms with Crippen LogP contribution in [-0.2, 0) is 14.6 Å². The Morgan fingerprint density at radius 2 is 1.91 bits per heavy atom. The molecule has 0 N–H and O–H groups in total. The van der Waals surface area contributed by atoms with Crippen molar-refractivity contribution in [2.45, 2.75) is 26.1 Å². The standard InChI is InChI=1S/C14H14F3NO3S/c1-9-4-3-5-12(10(9)2)18(13(19)14(15,16)17)11-6-7-22(20,21)8-11/h3-7,11H,8H2,1-2H3/t11-/m0/s1. The number of halogens is 3. The number of aryl methyl sites for hydroxylation is 1. The maximum absolute atomic E-state index is 12.9. The van der Waals surface area contributed by atoms with Gasteiger partial charge in [-0.1, -0.05) is 12.1 Å². The van der Waals surface area contributed by atoms with E-state index in [0.29, 0.717) is 16.0 Å². The van der Waals surface area contributed by atoms with Gasteiger partial charge in [0.2, 0.25) is 0 Å². The molecule has 0 aliphatic carbocycles. The molecular formula is C14H14F3NO3S. The number of benzene rings is 1. The third kappa shape index (κ3) is 3.16. The molecule has 0 saturated heterocycles. The summed E-state index contributed by atoms with van der Waals surface area (Å²) in [6, 6.07) is 3.45. The van der Waals surface area contributed by atoms with Gasteiger partial charge in [-0.25, -0.2) is 8.42 Å². The SMILES string of the molecule is Cc1cccc(N(C(=O)C(F)(F)F)[C@H]2C=CS(=O)(=O)C2)c1C. The van der Waals surface area contributed by atoms with Crippen molar-refractivity contribution >= 4 is 21.4 Å². The molecule has 22 heavy (non-hydrogen) atoms. The molecule has 1 atom stereocenters. The van der Waals surface area contributed by atoms with Crippen LogP contribution in [0, 0.1) is 13.8 Å². The topological polar surface area (TPSA) is 54.5 Å². The highest BCUT2D eigenvalue weighted by molar-refractivity contribution is 7.94. The fourth-order valence-electron chi connectivity index (χ4n) is 2.29. The van der Waals surface area contributed by atoms with Crippen LogP contribution in [0.25, 0.3) is 0 Å². The predicted molar refractivity (Wildman–Crippen MR) is 76.2 cm³/mol. The number of carbonyl (C=O) groups excluding carboxylic acids is 1. The molecule has 120 valence electrons. The molecule has 1 aliphatic heterocycles. The maximum Gasteiger partial charge on any atom is 0.471 e. The van der Waals surface area contributed by atoms with Gasteiger partial charge in [-0.05, 0) is 37.1 Å². The summed E-state index contributed by atoms with van der Waals surface area (Å²) in [5.41, 5.74) is 1.27. The molecule has 0 saturated carbocycles. The van der Waals surface area contributed by atoms with E-state index in [1.165, 1.54) is 12.1 Å². The molecular weight excluding hydrogens is 319 g/mol. The second-order valence-electron chi connectivity index (χ2n) is 5.12. The van der Waals surface area contributed by atoms with Crippen molar-refractivity contribution in [3.63, 3.8) is 0 Å². The zero-order chi connectivity index (χ0) is 16.7. The van der Waals surface area contributed by atoms with Crippen LogP contribution in [0.4, 0.5) is 18.9 Å². The van der Waals surface area contributed by atoms with Gasteiger partial charge >= 0.3 is 12.1 Å². The van der Waals surface area contributed by atoms with E-state index in [9.17, 15) is 26.4 Å².